The van der Waals surface area contributed by atoms with Crippen molar-refractivity contribution in [3.63, 3.8) is 0 Å². The average Bonchev–Trinajstić information content (AvgIpc) is 2.90. The first-order valence-electron chi connectivity index (χ1n) is 6.78. The molecule has 1 heterocycles. The van der Waals surface area contributed by atoms with E-state index in [-0.39, 0.29) is 5.91 Å². The molecule has 0 saturated heterocycles. The fourth-order valence-electron chi connectivity index (χ4n) is 2.16. The molecule has 0 atom stereocenters. The Morgan fingerprint density at radius 1 is 1.26 bits per heavy atom. The summed E-state index contributed by atoms with van der Waals surface area (Å²) >= 11 is 8.39. The van der Waals surface area contributed by atoms with E-state index in [0.717, 1.165) is 14.9 Å². The predicted octanol–water partition coefficient (Wildman–Crippen LogP) is 3.87. The van der Waals surface area contributed by atoms with Crippen molar-refractivity contribution in [1.82, 2.24) is 5.32 Å². The van der Waals surface area contributed by atoms with Gasteiger partial charge in [0.1, 0.15) is 17.3 Å². The Bertz CT molecular complexity index is 846. The highest BCUT2D eigenvalue weighted by molar-refractivity contribution is 14.1. The van der Waals surface area contributed by atoms with Crippen molar-refractivity contribution in [3.05, 3.63) is 67.9 Å². The van der Waals surface area contributed by atoms with Gasteiger partial charge >= 0.3 is 0 Å². The van der Waals surface area contributed by atoms with Crippen LogP contribution in [0.2, 0.25) is 5.02 Å². The van der Waals surface area contributed by atoms with Gasteiger partial charge < -0.3 is 10.1 Å². The molecule has 0 radical (unpaired) electrons. The molecule has 0 unspecified atom stereocenters. The third kappa shape index (κ3) is 3.56. The van der Waals surface area contributed by atoms with Crippen molar-refractivity contribution in [2.24, 2.45) is 4.99 Å². The highest BCUT2D eigenvalue weighted by Gasteiger charge is 2.22. The lowest BCUT2D eigenvalue weighted by Gasteiger charge is -2.03. The average molecular weight is 439 g/mol. The topological polar surface area (TPSA) is 50.7 Å². The van der Waals surface area contributed by atoms with Crippen molar-refractivity contribution in [1.29, 1.82) is 0 Å². The fourth-order valence-corrected chi connectivity index (χ4v) is 2.86. The number of halogens is 2. The van der Waals surface area contributed by atoms with Gasteiger partial charge in [-0.2, -0.15) is 0 Å². The van der Waals surface area contributed by atoms with Crippen LogP contribution in [0.4, 0.5) is 0 Å². The summed E-state index contributed by atoms with van der Waals surface area (Å²) in [5.41, 5.74) is 1.89. The van der Waals surface area contributed by atoms with Gasteiger partial charge in [0.15, 0.2) is 0 Å². The summed E-state index contributed by atoms with van der Waals surface area (Å²) in [7, 11) is 1.60. The molecule has 2 aromatic rings. The van der Waals surface area contributed by atoms with E-state index in [0.29, 0.717) is 22.1 Å². The highest BCUT2D eigenvalue weighted by atomic mass is 127. The molecule has 1 amide bonds. The van der Waals surface area contributed by atoms with Crippen LogP contribution in [0.1, 0.15) is 11.1 Å². The SMILES string of the molecule is COc1cccc(/C=C2/N=C(c3cc(I)ccc3Cl)NC2=O)c1. The molecule has 3 rings (SSSR count). The Kier molecular flexibility index (Phi) is 4.68. The lowest BCUT2D eigenvalue weighted by Crippen LogP contribution is -2.25. The van der Waals surface area contributed by atoms with Crippen LogP contribution in [0.3, 0.4) is 0 Å². The Morgan fingerprint density at radius 3 is 2.87 bits per heavy atom. The van der Waals surface area contributed by atoms with Crippen molar-refractivity contribution in [2.75, 3.05) is 7.11 Å². The third-order valence-corrected chi connectivity index (χ3v) is 4.28. The first kappa shape index (κ1) is 16.0. The Balaban J connectivity index is 1.98. The zero-order valence-corrected chi connectivity index (χ0v) is 15.1. The van der Waals surface area contributed by atoms with Crippen LogP contribution >= 0.6 is 34.2 Å². The molecule has 116 valence electrons. The number of hydrogen-bond donors (Lipinski definition) is 1. The van der Waals surface area contributed by atoms with E-state index in [1.54, 1.807) is 19.3 Å². The van der Waals surface area contributed by atoms with Gasteiger partial charge in [0.25, 0.3) is 5.91 Å². The molecule has 0 aliphatic carbocycles. The van der Waals surface area contributed by atoms with E-state index in [1.807, 2.05) is 36.4 Å². The van der Waals surface area contributed by atoms with Crippen molar-refractivity contribution >= 4 is 52.0 Å². The maximum Gasteiger partial charge on any atom is 0.275 e. The maximum atomic E-state index is 12.1. The molecule has 23 heavy (non-hydrogen) atoms. The van der Waals surface area contributed by atoms with Crippen molar-refractivity contribution in [2.45, 2.75) is 0 Å². The first-order valence-corrected chi connectivity index (χ1v) is 8.24. The second kappa shape index (κ2) is 6.72. The fraction of sp³-hybridized carbons (Fsp3) is 0.0588. The minimum atomic E-state index is -0.252. The van der Waals surface area contributed by atoms with E-state index in [9.17, 15) is 4.79 Å². The molecule has 0 bridgehead atoms. The maximum absolute atomic E-state index is 12.1. The van der Waals surface area contributed by atoms with Crippen molar-refractivity contribution in [3.8, 4) is 5.75 Å². The largest absolute Gasteiger partial charge is 0.497 e. The van der Waals surface area contributed by atoms with Crippen LogP contribution in [0.15, 0.2) is 53.2 Å². The predicted molar refractivity (Wildman–Crippen MR) is 99.8 cm³/mol. The molecule has 0 fully saturated rings. The number of methoxy groups -OCH3 is 1. The number of rotatable bonds is 3. The van der Waals surface area contributed by atoms with Gasteiger partial charge in [-0.1, -0.05) is 23.7 Å². The van der Waals surface area contributed by atoms with E-state index < -0.39 is 0 Å². The lowest BCUT2D eigenvalue weighted by molar-refractivity contribution is -0.115. The molecule has 1 N–H and O–H groups in total. The summed E-state index contributed by atoms with van der Waals surface area (Å²) in [5.74, 6) is 0.938. The van der Waals surface area contributed by atoms with Crippen LogP contribution in [0.5, 0.6) is 5.75 Å². The molecular weight excluding hydrogens is 427 g/mol. The van der Waals surface area contributed by atoms with Crippen molar-refractivity contribution < 1.29 is 9.53 Å². The van der Waals surface area contributed by atoms with Gasteiger partial charge in [-0.05, 0) is 64.6 Å². The number of benzene rings is 2. The molecule has 0 spiro atoms. The standard InChI is InChI=1S/C17H12ClIN2O2/c1-23-12-4-2-3-10(7-12)8-15-17(22)21-16(20-15)13-9-11(19)5-6-14(13)18/h2-9H,1H3,(H,20,21,22)/b15-8+. The normalized spacial score (nSPS) is 15.5. The summed E-state index contributed by atoms with van der Waals surface area (Å²) in [6.45, 7) is 0. The molecule has 0 saturated carbocycles. The number of carbonyl (C=O) groups excluding carboxylic acids is 1. The molecule has 0 aromatic heterocycles. The van der Waals surface area contributed by atoms with E-state index >= 15 is 0 Å². The van der Waals surface area contributed by atoms with Crippen LogP contribution in [0, 0.1) is 3.57 Å². The van der Waals surface area contributed by atoms with Gasteiger partial charge in [0, 0.05) is 9.13 Å². The number of nitrogens with zero attached hydrogens (tertiary/aromatic N) is 1. The molecule has 4 nitrogen and oxygen atoms in total. The third-order valence-electron chi connectivity index (χ3n) is 3.28. The van der Waals surface area contributed by atoms with E-state index in [2.05, 4.69) is 32.9 Å². The molecule has 1 aliphatic heterocycles. The molecule has 2 aromatic carbocycles. The minimum Gasteiger partial charge on any atom is -0.497 e. The Labute approximate surface area is 152 Å². The number of amides is 1. The molecule has 6 heteroatoms. The van der Waals surface area contributed by atoms with Gasteiger partial charge in [0.05, 0.1) is 12.1 Å². The lowest BCUT2D eigenvalue weighted by atomic mass is 10.2. The zero-order chi connectivity index (χ0) is 16.4. The number of nitrogens with one attached hydrogen (secondary N) is 1. The second-order valence-corrected chi connectivity index (χ2v) is 6.50. The Hall–Kier alpha value is -1.86. The summed E-state index contributed by atoms with van der Waals surface area (Å²) in [6, 6.07) is 13.0. The quantitative estimate of drug-likeness (QED) is 0.584. The number of ether oxygens (including phenoxy) is 1. The smallest absolute Gasteiger partial charge is 0.275 e. The van der Waals surface area contributed by atoms with Gasteiger partial charge in [-0.15, -0.1) is 0 Å². The van der Waals surface area contributed by atoms with Gasteiger partial charge in [-0.3, -0.25) is 4.79 Å². The summed E-state index contributed by atoms with van der Waals surface area (Å²) in [5, 5.41) is 3.31. The van der Waals surface area contributed by atoms with Crippen LogP contribution < -0.4 is 10.1 Å². The van der Waals surface area contributed by atoms with Crippen LogP contribution in [-0.2, 0) is 4.79 Å². The second-order valence-electron chi connectivity index (χ2n) is 4.84. The summed E-state index contributed by atoms with van der Waals surface area (Å²) in [6.07, 6.45) is 1.71. The van der Waals surface area contributed by atoms with Gasteiger partial charge in [0.2, 0.25) is 0 Å². The van der Waals surface area contributed by atoms with E-state index in [4.69, 9.17) is 16.3 Å². The first-order chi connectivity index (χ1) is 11.1. The Morgan fingerprint density at radius 2 is 2.09 bits per heavy atom. The van der Waals surface area contributed by atoms with Gasteiger partial charge in [-0.25, -0.2) is 4.99 Å². The van der Waals surface area contributed by atoms with E-state index in [1.165, 1.54) is 0 Å². The number of hydrogen-bond acceptors (Lipinski definition) is 3. The van der Waals surface area contributed by atoms with Crippen LogP contribution in [-0.4, -0.2) is 18.9 Å². The van der Waals surface area contributed by atoms with Crippen LogP contribution in [0.25, 0.3) is 6.08 Å². The summed E-state index contributed by atoms with van der Waals surface area (Å²) in [4.78, 5) is 16.5. The molecule has 1 aliphatic rings. The number of aliphatic imine (C=N–C) groups is 1. The zero-order valence-electron chi connectivity index (χ0n) is 12.1. The number of amidine groups is 1. The monoisotopic (exact) mass is 438 g/mol. The minimum absolute atomic E-state index is 0.252. The molecular formula is C17H12ClIN2O2. The number of carbonyl (C=O) groups is 1. The summed E-state index contributed by atoms with van der Waals surface area (Å²) < 4.78 is 6.20. The highest BCUT2D eigenvalue weighted by Crippen LogP contribution is 2.23.